The van der Waals surface area contributed by atoms with Gasteiger partial charge in [-0.15, -0.1) is 0 Å². The van der Waals surface area contributed by atoms with E-state index >= 15 is 0 Å². The Labute approximate surface area is 115 Å². The minimum absolute atomic E-state index is 0.344. The molecule has 0 aliphatic heterocycles. The van der Waals surface area contributed by atoms with Crippen LogP contribution in [-0.2, 0) is 9.59 Å². The van der Waals surface area contributed by atoms with Gasteiger partial charge in [0.05, 0.1) is 11.3 Å². The van der Waals surface area contributed by atoms with Crippen molar-refractivity contribution in [2.45, 2.75) is 65.2 Å². The number of hydrogen-bond donors (Lipinski definition) is 2. The van der Waals surface area contributed by atoms with Crippen LogP contribution in [0, 0.1) is 17.3 Å². The number of hydrogen-bond acceptors (Lipinski definition) is 2. The zero-order valence-corrected chi connectivity index (χ0v) is 12.0. The van der Waals surface area contributed by atoms with E-state index in [0.29, 0.717) is 38.0 Å². The molecule has 0 aromatic heterocycles. The molecule has 1 fully saturated rings. The minimum Gasteiger partial charge on any atom is -0.481 e. The van der Waals surface area contributed by atoms with Crippen LogP contribution in [0.3, 0.4) is 0 Å². The third kappa shape index (κ3) is 4.51. The first-order valence-corrected chi connectivity index (χ1v) is 7.33. The van der Waals surface area contributed by atoms with Crippen molar-refractivity contribution in [2.75, 3.05) is 0 Å². The second-order valence-electron chi connectivity index (χ2n) is 6.34. The van der Waals surface area contributed by atoms with Gasteiger partial charge in [0.15, 0.2) is 0 Å². The van der Waals surface area contributed by atoms with E-state index in [9.17, 15) is 14.7 Å². The molecule has 0 aromatic carbocycles. The summed E-state index contributed by atoms with van der Waals surface area (Å²) in [5, 5.41) is 18.4. The Balaban J connectivity index is 2.48. The lowest BCUT2D eigenvalue weighted by Gasteiger charge is -2.35. The van der Waals surface area contributed by atoms with E-state index in [2.05, 4.69) is 13.8 Å². The Hall–Kier alpha value is -1.06. The average Bonchev–Trinajstić information content (AvgIpc) is 2.34. The fraction of sp³-hybridized carbons (Fsp3) is 0.867. The summed E-state index contributed by atoms with van der Waals surface area (Å²) in [6.07, 6.45) is 5.87. The largest absolute Gasteiger partial charge is 0.481 e. The molecule has 1 rings (SSSR count). The summed E-state index contributed by atoms with van der Waals surface area (Å²) >= 11 is 0. The summed E-state index contributed by atoms with van der Waals surface area (Å²) in [5.41, 5.74) is -0.664. The first-order valence-electron chi connectivity index (χ1n) is 7.33. The van der Waals surface area contributed by atoms with Gasteiger partial charge in [-0.3, -0.25) is 9.59 Å². The van der Waals surface area contributed by atoms with E-state index in [4.69, 9.17) is 5.11 Å². The van der Waals surface area contributed by atoms with Gasteiger partial charge in [0.1, 0.15) is 0 Å². The van der Waals surface area contributed by atoms with Crippen molar-refractivity contribution in [1.29, 1.82) is 0 Å². The number of aliphatic carboxylic acids is 2. The first-order chi connectivity index (χ1) is 8.87. The SMILES string of the molecule is CC(C)CCCCC1(C(=O)O)CCC(C(=O)O)CC1. The van der Waals surface area contributed by atoms with Crippen molar-refractivity contribution in [3.8, 4) is 0 Å². The van der Waals surface area contributed by atoms with Crippen molar-refractivity contribution in [1.82, 2.24) is 0 Å². The molecule has 0 unspecified atom stereocenters. The molecular weight excluding hydrogens is 244 g/mol. The molecule has 0 spiro atoms. The second-order valence-corrected chi connectivity index (χ2v) is 6.34. The van der Waals surface area contributed by atoms with Crippen LogP contribution in [0.5, 0.6) is 0 Å². The van der Waals surface area contributed by atoms with Gasteiger partial charge in [-0.1, -0.05) is 33.1 Å². The van der Waals surface area contributed by atoms with Gasteiger partial charge in [0, 0.05) is 0 Å². The summed E-state index contributed by atoms with van der Waals surface area (Å²) in [7, 11) is 0. The van der Waals surface area contributed by atoms with Gasteiger partial charge < -0.3 is 10.2 Å². The van der Waals surface area contributed by atoms with E-state index in [1.807, 2.05) is 0 Å². The lowest BCUT2D eigenvalue weighted by Crippen LogP contribution is -2.37. The molecule has 19 heavy (non-hydrogen) atoms. The van der Waals surface area contributed by atoms with E-state index in [1.54, 1.807) is 0 Å². The number of unbranched alkanes of at least 4 members (excludes halogenated alkanes) is 1. The molecule has 4 heteroatoms. The molecule has 1 saturated carbocycles. The van der Waals surface area contributed by atoms with Gasteiger partial charge in [0.25, 0.3) is 0 Å². The average molecular weight is 270 g/mol. The molecule has 0 bridgehead atoms. The highest BCUT2D eigenvalue weighted by Crippen LogP contribution is 2.43. The number of carboxylic acid groups (broad SMARTS) is 2. The van der Waals surface area contributed by atoms with E-state index in [-0.39, 0.29) is 5.92 Å². The standard InChI is InChI=1S/C15H26O4/c1-11(2)5-3-4-8-15(14(18)19)9-6-12(7-10-15)13(16)17/h11-12H,3-10H2,1-2H3,(H,16,17)(H,18,19). The van der Waals surface area contributed by atoms with E-state index in [0.717, 1.165) is 19.3 Å². The predicted molar refractivity (Wildman–Crippen MR) is 73.0 cm³/mol. The third-order valence-corrected chi connectivity index (χ3v) is 4.43. The van der Waals surface area contributed by atoms with Gasteiger partial charge in [-0.2, -0.15) is 0 Å². The minimum atomic E-state index is -0.779. The summed E-state index contributed by atoms with van der Waals surface area (Å²) < 4.78 is 0. The highest BCUT2D eigenvalue weighted by Gasteiger charge is 2.42. The summed E-state index contributed by atoms with van der Waals surface area (Å²) in [5.74, 6) is -1.20. The Bertz CT molecular complexity index is 314. The highest BCUT2D eigenvalue weighted by molar-refractivity contribution is 5.76. The smallest absolute Gasteiger partial charge is 0.309 e. The Morgan fingerprint density at radius 3 is 2.16 bits per heavy atom. The van der Waals surface area contributed by atoms with Crippen molar-refractivity contribution in [2.24, 2.45) is 17.3 Å². The van der Waals surface area contributed by atoms with Crippen molar-refractivity contribution in [3.63, 3.8) is 0 Å². The van der Waals surface area contributed by atoms with E-state index in [1.165, 1.54) is 0 Å². The van der Waals surface area contributed by atoms with Crippen molar-refractivity contribution < 1.29 is 19.8 Å². The van der Waals surface area contributed by atoms with Crippen LogP contribution in [0.25, 0.3) is 0 Å². The van der Waals surface area contributed by atoms with Gasteiger partial charge in [-0.25, -0.2) is 0 Å². The van der Waals surface area contributed by atoms with Crippen LogP contribution in [-0.4, -0.2) is 22.2 Å². The third-order valence-electron chi connectivity index (χ3n) is 4.43. The predicted octanol–water partition coefficient (Wildman–Crippen LogP) is 3.55. The molecule has 0 atom stereocenters. The zero-order valence-electron chi connectivity index (χ0n) is 12.0. The van der Waals surface area contributed by atoms with Gasteiger partial charge >= 0.3 is 11.9 Å². The van der Waals surface area contributed by atoms with Gasteiger partial charge in [-0.05, 0) is 38.0 Å². The van der Waals surface area contributed by atoms with Crippen molar-refractivity contribution in [3.05, 3.63) is 0 Å². The summed E-state index contributed by atoms with van der Waals surface area (Å²) in [6, 6.07) is 0. The van der Waals surface area contributed by atoms with Crippen LogP contribution in [0.2, 0.25) is 0 Å². The molecule has 0 amide bonds. The van der Waals surface area contributed by atoms with Crippen LogP contribution in [0.4, 0.5) is 0 Å². The summed E-state index contributed by atoms with van der Waals surface area (Å²) in [6.45, 7) is 4.34. The molecule has 0 saturated heterocycles. The van der Waals surface area contributed by atoms with Crippen LogP contribution < -0.4 is 0 Å². The molecule has 0 radical (unpaired) electrons. The fourth-order valence-electron chi connectivity index (χ4n) is 3.00. The normalized spacial score (nSPS) is 27.4. The Morgan fingerprint density at radius 2 is 1.74 bits per heavy atom. The first kappa shape index (κ1) is 16.0. The van der Waals surface area contributed by atoms with E-state index < -0.39 is 17.4 Å². The Morgan fingerprint density at radius 1 is 1.16 bits per heavy atom. The molecule has 2 N–H and O–H groups in total. The zero-order chi connectivity index (χ0) is 14.5. The monoisotopic (exact) mass is 270 g/mol. The lowest BCUT2D eigenvalue weighted by atomic mass is 9.68. The van der Waals surface area contributed by atoms with Crippen LogP contribution >= 0.6 is 0 Å². The molecule has 4 nitrogen and oxygen atoms in total. The topological polar surface area (TPSA) is 74.6 Å². The summed E-state index contributed by atoms with van der Waals surface area (Å²) in [4.78, 5) is 22.5. The highest BCUT2D eigenvalue weighted by atomic mass is 16.4. The molecule has 110 valence electrons. The second kappa shape index (κ2) is 6.92. The number of rotatable bonds is 7. The van der Waals surface area contributed by atoms with Crippen LogP contribution in [0.15, 0.2) is 0 Å². The number of carboxylic acids is 2. The molecule has 0 heterocycles. The maximum atomic E-state index is 11.5. The Kier molecular flexibility index (Phi) is 5.83. The molecule has 1 aliphatic carbocycles. The molecular formula is C15H26O4. The fourth-order valence-corrected chi connectivity index (χ4v) is 3.00. The molecule has 0 aromatic rings. The van der Waals surface area contributed by atoms with Gasteiger partial charge in [0.2, 0.25) is 0 Å². The van der Waals surface area contributed by atoms with Crippen LogP contribution in [0.1, 0.15) is 65.2 Å². The lowest BCUT2D eigenvalue weighted by molar-refractivity contribution is -0.156. The van der Waals surface area contributed by atoms with Crippen molar-refractivity contribution >= 4 is 11.9 Å². The maximum absolute atomic E-state index is 11.5. The number of carbonyl (C=O) groups is 2. The quantitative estimate of drug-likeness (QED) is 0.694. The maximum Gasteiger partial charge on any atom is 0.309 e. The molecule has 1 aliphatic rings.